The summed E-state index contributed by atoms with van der Waals surface area (Å²) in [5, 5.41) is 3.10. The van der Waals surface area contributed by atoms with Gasteiger partial charge in [0.05, 0.1) is 5.02 Å². The molecule has 3 aromatic rings. The van der Waals surface area contributed by atoms with Gasteiger partial charge in [0.2, 0.25) is 5.91 Å². The number of hydrogen-bond donors (Lipinski definition) is 1. The van der Waals surface area contributed by atoms with E-state index in [4.69, 9.17) is 16.3 Å². The lowest BCUT2D eigenvalue weighted by molar-refractivity contribution is -0.142. The lowest BCUT2D eigenvalue weighted by atomic mass is 10.0. The van der Waals surface area contributed by atoms with Crippen LogP contribution in [0.1, 0.15) is 16.7 Å². The summed E-state index contributed by atoms with van der Waals surface area (Å²) in [5.74, 6) is -0.136. The van der Waals surface area contributed by atoms with Gasteiger partial charge in [-0.05, 0) is 36.2 Å². The first-order valence-electron chi connectivity index (χ1n) is 10.6. The van der Waals surface area contributed by atoms with E-state index in [0.717, 1.165) is 21.2 Å². The van der Waals surface area contributed by atoms with Crippen LogP contribution in [0.3, 0.4) is 0 Å². The molecule has 0 unspecified atom stereocenters. The Morgan fingerprint density at radius 3 is 2.36 bits per heavy atom. The van der Waals surface area contributed by atoms with Gasteiger partial charge in [-0.3, -0.25) is 9.59 Å². The van der Waals surface area contributed by atoms with Crippen molar-refractivity contribution in [3.63, 3.8) is 0 Å². The largest absolute Gasteiger partial charge is 0.482 e. The molecule has 0 aliphatic heterocycles. The molecular formula is C26H26BrClN2O3. The Balaban J connectivity index is 1.87. The maximum absolute atomic E-state index is 13.4. The lowest BCUT2D eigenvalue weighted by Crippen LogP contribution is -2.51. The molecule has 0 spiro atoms. The quantitative estimate of drug-likeness (QED) is 0.416. The van der Waals surface area contributed by atoms with Gasteiger partial charge >= 0.3 is 0 Å². The standard InChI is InChI=1S/C26H26BrClN2O3/c1-18-8-10-20(11-9-18)16-30(23(26(32)29-2)14-19-6-4-3-5-7-19)25(31)17-33-24-13-12-21(27)15-22(24)28/h3-13,15,23H,14,16-17H2,1-2H3,(H,29,32)/t23-/m0/s1. The smallest absolute Gasteiger partial charge is 0.261 e. The van der Waals surface area contributed by atoms with E-state index in [1.807, 2.05) is 61.5 Å². The molecule has 172 valence electrons. The lowest BCUT2D eigenvalue weighted by Gasteiger charge is -2.31. The molecule has 0 fully saturated rings. The Labute approximate surface area is 207 Å². The van der Waals surface area contributed by atoms with Gasteiger partial charge in [0.25, 0.3) is 5.91 Å². The average molecular weight is 530 g/mol. The molecular weight excluding hydrogens is 504 g/mol. The normalized spacial score (nSPS) is 11.5. The van der Waals surface area contributed by atoms with Crippen molar-refractivity contribution in [2.45, 2.75) is 25.9 Å². The topological polar surface area (TPSA) is 58.6 Å². The molecule has 0 aliphatic carbocycles. The number of amides is 2. The molecule has 0 bridgehead atoms. The van der Waals surface area contributed by atoms with Crippen LogP contribution in [-0.2, 0) is 22.6 Å². The van der Waals surface area contributed by atoms with E-state index in [1.54, 1.807) is 30.1 Å². The maximum atomic E-state index is 13.4. The summed E-state index contributed by atoms with van der Waals surface area (Å²) in [6, 6.07) is 22.0. The van der Waals surface area contributed by atoms with Crippen LogP contribution in [0.15, 0.2) is 77.3 Å². The van der Waals surface area contributed by atoms with Gasteiger partial charge in [0, 0.05) is 24.5 Å². The molecule has 0 heterocycles. The highest BCUT2D eigenvalue weighted by atomic mass is 79.9. The highest BCUT2D eigenvalue weighted by Crippen LogP contribution is 2.28. The number of nitrogens with zero attached hydrogens (tertiary/aromatic N) is 1. The van der Waals surface area contributed by atoms with Crippen molar-refractivity contribution in [3.8, 4) is 5.75 Å². The van der Waals surface area contributed by atoms with E-state index < -0.39 is 6.04 Å². The first-order chi connectivity index (χ1) is 15.9. The predicted molar refractivity (Wildman–Crippen MR) is 134 cm³/mol. The van der Waals surface area contributed by atoms with Crippen LogP contribution in [0, 0.1) is 6.92 Å². The summed E-state index contributed by atoms with van der Waals surface area (Å²) in [6.07, 6.45) is 0.386. The van der Waals surface area contributed by atoms with E-state index in [-0.39, 0.29) is 25.0 Å². The van der Waals surface area contributed by atoms with Gasteiger partial charge in [-0.15, -0.1) is 0 Å². The third-order valence-corrected chi connectivity index (χ3v) is 6.02. The first-order valence-corrected chi connectivity index (χ1v) is 11.7. The van der Waals surface area contributed by atoms with E-state index in [9.17, 15) is 9.59 Å². The average Bonchev–Trinajstić information content (AvgIpc) is 2.82. The van der Waals surface area contributed by atoms with Crippen LogP contribution >= 0.6 is 27.5 Å². The fourth-order valence-corrected chi connectivity index (χ4v) is 4.15. The minimum absolute atomic E-state index is 0.235. The van der Waals surface area contributed by atoms with E-state index >= 15 is 0 Å². The summed E-state index contributed by atoms with van der Waals surface area (Å²) in [7, 11) is 1.58. The fourth-order valence-electron chi connectivity index (χ4n) is 3.43. The third kappa shape index (κ3) is 7.07. The van der Waals surface area contributed by atoms with Gasteiger partial charge in [-0.25, -0.2) is 0 Å². The Morgan fingerprint density at radius 1 is 1.03 bits per heavy atom. The van der Waals surface area contributed by atoms with Crippen LogP contribution in [0.4, 0.5) is 0 Å². The summed E-state index contributed by atoms with van der Waals surface area (Å²) >= 11 is 9.59. The molecule has 7 heteroatoms. The van der Waals surface area contributed by atoms with Crippen molar-refractivity contribution in [2.75, 3.05) is 13.7 Å². The van der Waals surface area contributed by atoms with Crippen molar-refractivity contribution in [2.24, 2.45) is 0 Å². The molecule has 0 saturated heterocycles. The molecule has 0 aliphatic rings. The van der Waals surface area contributed by atoms with Gasteiger partial charge in [-0.1, -0.05) is 87.7 Å². The van der Waals surface area contributed by atoms with Gasteiger partial charge in [0.1, 0.15) is 11.8 Å². The van der Waals surface area contributed by atoms with E-state index in [0.29, 0.717) is 17.2 Å². The number of nitrogens with one attached hydrogen (secondary N) is 1. The molecule has 1 atom stereocenters. The zero-order valence-electron chi connectivity index (χ0n) is 18.6. The molecule has 3 aromatic carbocycles. The van der Waals surface area contributed by atoms with Crippen molar-refractivity contribution >= 4 is 39.3 Å². The Hall–Kier alpha value is -2.83. The Kier molecular flexibility index (Phi) is 8.92. The molecule has 2 amide bonds. The summed E-state index contributed by atoms with van der Waals surface area (Å²) < 4.78 is 6.54. The second-order valence-electron chi connectivity index (χ2n) is 7.69. The SMILES string of the molecule is CNC(=O)[C@H](Cc1ccccc1)N(Cc1ccc(C)cc1)C(=O)COc1ccc(Br)cc1Cl. The molecule has 5 nitrogen and oxygen atoms in total. The minimum Gasteiger partial charge on any atom is -0.482 e. The zero-order valence-corrected chi connectivity index (χ0v) is 20.9. The summed E-state index contributed by atoms with van der Waals surface area (Å²) in [4.78, 5) is 27.9. The number of carbonyl (C=O) groups excluding carboxylic acids is 2. The monoisotopic (exact) mass is 528 g/mol. The highest BCUT2D eigenvalue weighted by molar-refractivity contribution is 9.10. The third-order valence-electron chi connectivity index (χ3n) is 5.24. The van der Waals surface area contributed by atoms with Crippen molar-refractivity contribution < 1.29 is 14.3 Å². The number of halogens is 2. The second kappa shape index (κ2) is 11.9. The number of ether oxygens (including phenoxy) is 1. The number of likely N-dealkylation sites (N-methyl/N-ethyl adjacent to an activating group) is 1. The minimum atomic E-state index is -0.699. The molecule has 0 saturated carbocycles. The zero-order chi connectivity index (χ0) is 23.8. The van der Waals surface area contributed by atoms with Crippen molar-refractivity contribution in [1.82, 2.24) is 10.2 Å². The molecule has 0 aromatic heterocycles. The van der Waals surface area contributed by atoms with Gasteiger partial charge in [-0.2, -0.15) is 0 Å². The van der Waals surface area contributed by atoms with E-state index in [1.165, 1.54) is 0 Å². The number of hydrogen-bond acceptors (Lipinski definition) is 3. The fraction of sp³-hybridized carbons (Fsp3) is 0.231. The van der Waals surface area contributed by atoms with Crippen LogP contribution in [0.25, 0.3) is 0 Å². The number of benzene rings is 3. The van der Waals surface area contributed by atoms with E-state index in [2.05, 4.69) is 21.2 Å². The first kappa shape index (κ1) is 24.8. The maximum Gasteiger partial charge on any atom is 0.261 e. The van der Waals surface area contributed by atoms with Crippen LogP contribution in [0.5, 0.6) is 5.75 Å². The number of aryl methyl sites for hydroxylation is 1. The Morgan fingerprint density at radius 2 is 1.73 bits per heavy atom. The molecule has 0 radical (unpaired) electrons. The van der Waals surface area contributed by atoms with Crippen molar-refractivity contribution in [1.29, 1.82) is 0 Å². The van der Waals surface area contributed by atoms with Gasteiger partial charge in [0.15, 0.2) is 6.61 Å². The van der Waals surface area contributed by atoms with Crippen LogP contribution in [-0.4, -0.2) is 36.4 Å². The predicted octanol–water partition coefficient (Wildman–Crippen LogP) is 5.18. The summed E-state index contributed by atoms with van der Waals surface area (Å²) in [5.41, 5.74) is 3.01. The van der Waals surface area contributed by atoms with Crippen molar-refractivity contribution in [3.05, 3.63) is 99.0 Å². The van der Waals surface area contributed by atoms with Crippen LogP contribution < -0.4 is 10.1 Å². The summed E-state index contributed by atoms with van der Waals surface area (Å²) in [6.45, 7) is 2.04. The van der Waals surface area contributed by atoms with Gasteiger partial charge < -0.3 is 15.0 Å². The molecule has 33 heavy (non-hydrogen) atoms. The number of carbonyl (C=O) groups is 2. The highest BCUT2D eigenvalue weighted by Gasteiger charge is 2.30. The number of rotatable bonds is 9. The molecule has 1 N–H and O–H groups in total. The second-order valence-corrected chi connectivity index (χ2v) is 9.01. The van der Waals surface area contributed by atoms with Crippen LogP contribution in [0.2, 0.25) is 5.02 Å². The molecule has 3 rings (SSSR count). The Bertz CT molecular complexity index is 1090.